The number of carbonyl (C=O) groups excluding carboxylic acids is 1. The van der Waals surface area contributed by atoms with Gasteiger partial charge in [-0.25, -0.2) is 0 Å². The van der Waals surface area contributed by atoms with Gasteiger partial charge in [-0.2, -0.15) is 0 Å². The van der Waals surface area contributed by atoms with Crippen molar-refractivity contribution >= 4 is 5.91 Å². The van der Waals surface area contributed by atoms with E-state index in [1.807, 2.05) is 18.7 Å². The topological polar surface area (TPSA) is 29.5 Å². The third-order valence-corrected chi connectivity index (χ3v) is 2.07. The predicted molar refractivity (Wildman–Crippen MR) is 46.8 cm³/mol. The van der Waals surface area contributed by atoms with E-state index in [-0.39, 0.29) is 5.91 Å². The molecule has 0 N–H and O–H groups in total. The van der Waals surface area contributed by atoms with E-state index in [1.165, 1.54) is 0 Å². The highest BCUT2D eigenvalue weighted by molar-refractivity contribution is 5.74. The zero-order valence-electron chi connectivity index (χ0n) is 8.04. The van der Waals surface area contributed by atoms with Gasteiger partial charge in [0.25, 0.3) is 0 Å². The molecule has 3 nitrogen and oxygen atoms in total. The van der Waals surface area contributed by atoms with Gasteiger partial charge in [-0.1, -0.05) is 0 Å². The van der Waals surface area contributed by atoms with Gasteiger partial charge >= 0.3 is 0 Å². The molecule has 0 aliphatic carbocycles. The second-order valence-electron chi connectivity index (χ2n) is 3.67. The van der Waals surface area contributed by atoms with Gasteiger partial charge in [0.15, 0.2) is 0 Å². The summed E-state index contributed by atoms with van der Waals surface area (Å²) in [6.45, 7) is 8.22. The number of likely N-dealkylation sites (tertiary alicyclic amines) is 1. The van der Waals surface area contributed by atoms with Gasteiger partial charge in [-0.3, -0.25) is 4.79 Å². The van der Waals surface area contributed by atoms with Crippen LogP contribution in [0.3, 0.4) is 0 Å². The van der Waals surface area contributed by atoms with Gasteiger partial charge in [0.05, 0.1) is 12.7 Å². The number of ether oxygens (including phenoxy) is 1. The van der Waals surface area contributed by atoms with Crippen LogP contribution in [0.2, 0.25) is 0 Å². The monoisotopic (exact) mass is 171 g/mol. The van der Waals surface area contributed by atoms with Crippen LogP contribution in [-0.4, -0.2) is 36.6 Å². The Balaban J connectivity index is 2.06. The lowest BCUT2D eigenvalue weighted by Crippen LogP contribution is -2.50. The molecular formula is C9H17NO2. The van der Waals surface area contributed by atoms with Gasteiger partial charge in [0, 0.05) is 25.9 Å². The molecule has 1 heterocycles. The van der Waals surface area contributed by atoms with Gasteiger partial charge in [-0.05, 0) is 13.8 Å². The lowest BCUT2D eigenvalue weighted by atomic mass is 10.0. The molecule has 0 aromatic heterocycles. The second-order valence-corrected chi connectivity index (χ2v) is 3.67. The number of nitrogens with zero attached hydrogens (tertiary/aromatic N) is 1. The molecule has 3 heteroatoms. The molecule has 0 aromatic carbocycles. The lowest BCUT2D eigenvalue weighted by molar-refractivity contribution is -0.137. The molecule has 1 rings (SSSR count). The Bertz CT molecular complexity index is 162. The molecule has 1 saturated heterocycles. The van der Waals surface area contributed by atoms with E-state index >= 15 is 0 Å². The van der Waals surface area contributed by atoms with Crippen molar-refractivity contribution in [3.63, 3.8) is 0 Å². The summed E-state index contributed by atoms with van der Waals surface area (Å²) < 4.78 is 5.44. The molecular weight excluding hydrogens is 154 g/mol. The molecule has 1 aliphatic rings. The van der Waals surface area contributed by atoms with Crippen molar-refractivity contribution < 1.29 is 9.53 Å². The fourth-order valence-corrected chi connectivity index (χ4v) is 1.26. The molecule has 0 unspecified atom stereocenters. The van der Waals surface area contributed by atoms with Crippen molar-refractivity contribution in [2.24, 2.45) is 5.92 Å². The molecule has 0 saturated carbocycles. The third-order valence-electron chi connectivity index (χ3n) is 2.07. The minimum atomic E-state index is 0.177. The summed E-state index contributed by atoms with van der Waals surface area (Å²) in [6.07, 6.45) is 0.302. The minimum Gasteiger partial charge on any atom is -0.378 e. The smallest absolute Gasteiger partial charge is 0.219 e. The summed E-state index contributed by atoms with van der Waals surface area (Å²) in [6, 6.07) is 0. The predicted octanol–water partition coefficient (Wildman–Crippen LogP) is 0.890. The Morgan fingerprint density at radius 1 is 1.58 bits per heavy atom. The largest absolute Gasteiger partial charge is 0.378 e. The van der Waals surface area contributed by atoms with Crippen LogP contribution in [0.5, 0.6) is 0 Å². The first kappa shape index (κ1) is 9.52. The summed E-state index contributed by atoms with van der Waals surface area (Å²) in [5.41, 5.74) is 0. The molecule has 70 valence electrons. The lowest BCUT2D eigenvalue weighted by Gasteiger charge is -2.38. The summed E-state index contributed by atoms with van der Waals surface area (Å²) in [5.74, 6) is 0.743. The number of amides is 1. The molecule has 0 atom stereocenters. The number of hydrogen-bond acceptors (Lipinski definition) is 2. The van der Waals surface area contributed by atoms with Crippen LogP contribution < -0.4 is 0 Å². The maximum absolute atomic E-state index is 10.8. The average molecular weight is 171 g/mol. The van der Waals surface area contributed by atoms with Gasteiger partial charge in [-0.15, -0.1) is 0 Å². The molecule has 0 radical (unpaired) electrons. The molecule has 0 aromatic rings. The molecule has 0 bridgehead atoms. The van der Waals surface area contributed by atoms with Crippen molar-refractivity contribution in [3.05, 3.63) is 0 Å². The van der Waals surface area contributed by atoms with E-state index in [9.17, 15) is 4.79 Å². The standard InChI is InChI=1S/C9H17NO2/c1-7(2)12-6-9-4-10(5-9)8(3)11/h7,9H,4-6H2,1-3H3. The Morgan fingerprint density at radius 3 is 2.58 bits per heavy atom. The van der Waals surface area contributed by atoms with Gasteiger partial charge in [0.2, 0.25) is 5.91 Å². The van der Waals surface area contributed by atoms with E-state index in [0.29, 0.717) is 12.0 Å². The maximum Gasteiger partial charge on any atom is 0.219 e. The van der Waals surface area contributed by atoms with Crippen molar-refractivity contribution in [3.8, 4) is 0 Å². The van der Waals surface area contributed by atoms with Crippen LogP contribution in [0.25, 0.3) is 0 Å². The van der Waals surface area contributed by atoms with E-state index in [1.54, 1.807) is 6.92 Å². The van der Waals surface area contributed by atoms with Gasteiger partial charge < -0.3 is 9.64 Å². The number of carbonyl (C=O) groups is 1. The normalized spacial score (nSPS) is 18.2. The molecule has 1 fully saturated rings. The SMILES string of the molecule is CC(=O)N1CC(COC(C)C)C1. The van der Waals surface area contributed by atoms with Gasteiger partial charge in [0.1, 0.15) is 0 Å². The average Bonchev–Trinajstić information content (AvgIpc) is 1.82. The Morgan fingerprint density at radius 2 is 2.17 bits per heavy atom. The Hall–Kier alpha value is -0.570. The van der Waals surface area contributed by atoms with Crippen LogP contribution in [-0.2, 0) is 9.53 Å². The highest BCUT2D eigenvalue weighted by Gasteiger charge is 2.28. The van der Waals surface area contributed by atoms with Crippen molar-refractivity contribution in [2.45, 2.75) is 26.9 Å². The third kappa shape index (κ3) is 2.48. The Labute approximate surface area is 73.7 Å². The van der Waals surface area contributed by atoms with E-state index in [2.05, 4.69) is 0 Å². The molecule has 1 amide bonds. The van der Waals surface area contributed by atoms with Crippen molar-refractivity contribution in [1.29, 1.82) is 0 Å². The fourth-order valence-electron chi connectivity index (χ4n) is 1.26. The van der Waals surface area contributed by atoms with Crippen LogP contribution in [0, 0.1) is 5.92 Å². The first-order valence-corrected chi connectivity index (χ1v) is 4.46. The van der Waals surface area contributed by atoms with Crippen molar-refractivity contribution in [1.82, 2.24) is 4.90 Å². The van der Waals surface area contributed by atoms with E-state index < -0.39 is 0 Å². The molecule has 1 aliphatic heterocycles. The highest BCUT2D eigenvalue weighted by atomic mass is 16.5. The van der Waals surface area contributed by atoms with Crippen molar-refractivity contribution in [2.75, 3.05) is 19.7 Å². The zero-order valence-corrected chi connectivity index (χ0v) is 8.04. The number of hydrogen-bond donors (Lipinski definition) is 0. The molecule has 0 spiro atoms. The molecule has 12 heavy (non-hydrogen) atoms. The maximum atomic E-state index is 10.8. The second kappa shape index (κ2) is 3.90. The highest BCUT2D eigenvalue weighted by Crippen LogP contribution is 2.15. The minimum absolute atomic E-state index is 0.177. The fraction of sp³-hybridized carbons (Fsp3) is 0.889. The first-order valence-electron chi connectivity index (χ1n) is 4.46. The quantitative estimate of drug-likeness (QED) is 0.631. The van der Waals surface area contributed by atoms with Crippen LogP contribution >= 0.6 is 0 Å². The summed E-state index contributed by atoms with van der Waals surface area (Å²) in [7, 11) is 0. The Kier molecular flexibility index (Phi) is 3.09. The summed E-state index contributed by atoms with van der Waals surface area (Å²) >= 11 is 0. The van der Waals surface area contributed by atoms with E-state index in [0.717, 1.165) is 19.7 Å². The number of rotatable bonds is 3. The summed E-state index contributed by atoms with van der Waals surface area (Å²) in [4.78, 5) is 12.6. The van der Waals surface area contributed by atoms with Crippen LogP contribution in [0.15, 0.2) is 0 Å². The van der Waals surface area contributed by atoms with Crippen LogP contribution in [0.1, 0.15) is 20.8 Å². The van der Waals surface area contributed by atoms with Crippen LogP contribution in [0.4, 0.5) is 0 Å². The summed E-state index contributed by atoms with van der Waals surface area (Å²) in [5, 5.41) is 0. The van der Waals surface area contributed by atoms with E-state index in [4.69, 9.17) is 4.74 Å². The zero-order chi connectivity index (χ0) is 9.14. The first-order chi connectivity index (χ1) is 5.59.